The van der Waals surface area contributed by atoms with Crippen LogP contribution < -0.4 is 15.8 Å². The van der Waals surface area contributed by atoms with Crippen molar-refractivity contribution < 1.29 is 19.1 Å². The quantitative estimate of drug-likeness (QED) is 0.588. The molecular formula is C15H18N4O4. The third kappa shape index (κ3) is 4.47. The average molecular weight is 318 g/mol. The number of H-pyrrole nitrogens is 1. The fourth-order valence-corrected chi connectivity index (χ4v) is 1.80. The van der Waals surface area contributed by atoms with Gasteiger partial charge in [-0.25, -0.2) is 9.78 Å². The fraction of sp³-hybridized carbons (Fsp3) is 0.267. The van der Waals surface area contributed by atoms with Crippen LogP contribution in [0.5, 0.6) is 5.75 Å². The van der Waals surface area contributed by atoms with Gasteiger partial charge < -0.3 is 25.5 Å². The maximum absolute atomic E-state index is 12.3. The highest BCUT2D eigenvalue weighted by molar-refractivity contribution is 6.06. The van der Waals surface area contributed by atoms with E-state index in [1.54, 1.807) is 32.0 Å². The van der Waals surface area contributed by atoms with E-state index < -0.39 is 12.1 Å². The van der Waals surface area contributed by atoms with Crippen molar-refractivity contribution in [2.45, 2.75) is 26.9 Å². The van der Waals surface area contributed by atoms with E-state index in [1.807, 2.05) is 6.92 Å². The number of hydrogen-bond acceptors (Lipinski definition) is 6. The number of hydrogen-bond donors (Lipinski definition) is 3. The molecule has 0 bridgehead atoms. The molecule has 0 saturated heterocycles. The molecular weight excluding hydrogens is 300 g/mol. The smallest absolute Gasteiger partial charge is 0.431 e. The Kier molecular flexibility index (Phi) is 4.85. The Labute approximate surface area is 133 Å². The monoisotopic (exact) mass is 318 g/mol. The van der Waals surface area contributed by atoms with Crippen molar-refractivity contribution in [3.63, 3.8) is 0 Å². The van der Waals surface area contributed by atoms with Gasteiger partial charge in [0.25, 0.3) is 5.91 Å². The van der Waals surface area contributed by atoms with Crippen molar-refractivity contribution in [3.05, 3.63) is 35.5 Å². The number of rotatable bonds is 4. The van der Waals surface area contributed by atoms with E-state index in [4.69, 9.17) is 15.2 Å². The number of benzene rings is 1. The van der Waals surface area contributed by atoms with Crippen LogP contribution >= 0.6 is 0 Å². The molecule has 1 aromatic heterocycles. The van der Waals surface area contributed by atoms with Crippen molar-refractivity contribution in [3.8, 4) is 5.75 Å². The Bertz CT molecular complexity index is 724. The van der Waals surface area contributed by atoms with Crippen LogP contribution in [0, 0.1) is 6.92 Å². The predicted molar refractivity (Wildman–Crippen MR) is 84.4 cm³/mol. The molecule has 0 atom stereocenters. The van der Waals surface area contributed by atoms with Crippen molar-refractivity contribution in [1.82, 2.24) is 9.97 Å². The minimum atomic E-state index is -0.870. The summed E-state index contributed by atoms with van der Waals surface area (Å²) >= 11 is 0. The van der Waals surface area contributed by atoms with Crippen LogP contribution in [0.25, 0.3) is 0 Å². The lowest BCUT2D eigenvalue weighted by Gasteiger charge is -2.12. The third-order valence-electron chi connectivity index (χ3n) is 2.75. The number of anilines is 2. The number of carbonyl (C=O) groups excluding carboxylic acids is 2. The first kappa shape index (κ1) is 16.3. The van der Waals surface area contributed by atoms with E-state index in [0.29, 0.717) is 5.82 Å². The number of nitrogen functional groups attached to an aromatic ring is 1. The molecule has 0 saturated carbocycles. The number of amides is 1. The minimum Gasteiger partial charge on any atom is -0.431 e. The van der Waals surface area contributed by atoms with E-state index in [0.717, 1.165) is 5.56 Å². The maximum atomic E-state index is 12.3. The molecule has 0 unspecified atom stereocenters. The summed E-state index contributed by atoms with van der Waals surface area (Å²) in [7, 11) is 0. The van der Waals surface area contributed by atoms with Crippen molar-refractivity contribution in [2.24, 2.45) is 0 Å². The first-order valence-corrected chi connectivity index (χ1v) is 6.96. The number of aryl methyl sites for hydroxylation is 1. The highest BCUT2D eigenvalue weighted by Gasteiger charge is 2.18. The van der Waals surface area contributed by atoms with Gasteiger partial charge in [-0.2, -0.15) is 0 Å². The summed E-state index contributed by atoms with van der Waals surface area (Å²) in [4.78, 5) is 30.4. The lowest BCUT2D eigenvalue weighted by Crippen LogP contribution is -2.19. The second-order valence-corrected chi connectivity index (χ2v) is 5.15. The summed E-state index contributed by atoms with van der Waals surface area (Å²) in [5.41, 5.74) is 6.47. The molecule has 2 rings (SSSR count). The standard InChI is InChI=1S/C15H18N4O4/c1-8(2)22-15(21)23-11-6-9(3)4-5-10(11)13(20)18-12-7-17-14(16)19-12/h4-8H,1-3H3,(H,18,20)(H3,16,17,19). The Morgan fingerprint density at radius 2 is 2.09 bits per heavy atom. The summed E-state index contributed by atoms with van der Waals surface area (Å²) < 4.78 is 10.1. The summed E-state index contributed by atoms with van der Waals surface area (Å²) in [5, 5.41) is 2.58. The van der Waals surface area contributed by atoms with Gasteiger partial charge in [-0.05, 0) is 38.5 Å². The number of carbonyl (C=O) groups is 2. The number of aromatic nitrogens is 2. The van der Waals surface area contributed by atoms with Crippen LogP contribution in [-0.2, 0) is 4.74 Å². The van der Waals surface area contributed by atoms with Crippen LogP contribution in [0.3, 0.4) is 0 Å². The van der Waals surface area contributed by atoms with Gasteiger partial charge in [0, 0.05) is 0 Å². The van der Waals surface area contributed by atoms with Crippen molar-refractivity contribution in [2.75, 3.05) is 11.1 Å². The fourth-order valence-electron chi connectivity index (χ4n) is 1.80. The molecule has 23 heavy (non-hydrogen) atoms. The van der Waals surface area contributed by atoms with Gasteiger partial charge in [0.2, 0.25) is 0 Å². The minimum absolute atomic E-state index is 0.112. The molecule has 122 valence electrons. The lowest BCUT2D eigenvalue weighted by molar-refractivity contribution is 0.0725. The third-order valence-corrected chi connectivity index (χ3v) is 2.75. The molecule has 8 heteroatoms. The van der Waals surface area contributed by atoms with E-state index in [1.165, 1.54) is 6.20 Å². The average Bonchev–Trinajstić information content (AvgIpc) is 2.83. The van der Waals surface area contributed by atoms with Crippen LogP contribution in [0.2, 0.25) is 0 Å². The topological polar surface area (TPSA) is 119 Å². The largest absolute Gasteiger partial charge is 0.514 e. The van der Waals surface area contributed by atoms with Gasteiger partial charge in [0.15, 0.2) is 5.95 Å². The van der Waals surface area contributed by atoms with Gasteiger partial charge >= 0.3 is 6.16 Å². The van der Waals surface area contributed by atoms with E-state index >= 15 is 0 Å². The van der Waals surface area contributed by atoms with Gasteiger partial charge in [-0.1, -0.05) is 6.07 Å². The molecule has 0 aliphatic rings. The zero-order valence-corrected chi connectivity index (χ0v) is 13.0. The Hall–Kier alpha value is -3.03. The highest BCUT2D eigenvalue weighted by atomic mass is 16.7. The molecule has 1 heterocycles. The van der Waals surface area contributed by atoms with Gasteiger partial charge in [0.05, 0.1) is 17.9 Å². The Morgan fingerprint density at radius 3 is 2.70 bits per heavy atom. The number of aromatic amines is 1. The normalized spacial score (nSPS) is 10.4. The second-order valence-electron chi connectivity index (χ2n) is 5.15. The Balaban J connectivity index is 2.20. The SMILES string of the molecule is Cc1ccc(C(=O)Nc2cnc(N)[nH]2)c(OC(=O)OC(C)C)c1. The molecule has 1 amide bonds. The molecule has 0 radical (unpaired) electrons. The van der Waals surface area contributed by atoms with E-state index in [9.17, 15) is 9.59 Å². The first-order valence-electron chi connectivity index (χ1n) is 6.96. The van der Waals surface area contributed by atoms with E-state index in [-0.39, 0.29) is 23.4 Å². The lowest BCUT2D eigenvalue weighted by atomic mass is 10.1. The molecule has 1 aromatic carbocycles. The number of nitrogens with two attached hydrogens (primary N) is 1. The van der Waals surface area contributed by atoms with Crippen LogP contribution in [0.4, 0.5) is 16.6 Å². The van der Waals surface area contributed by atoms with Crippen LogP contribution in [0.15, 0.2) is 24.4 Å². The van der Waals surface area contributed by atoms with Gasteiger partial charge in [-0.3, -0.25) is 4.79 Å². The molecule has 0 spiro atoms. The number of ether oxygens (including phenoxy) is 2. The van der Waals surface area contributed by atoms with Crippen molar-refractivity contribution >= 4 is 23.8 Å². The molecule has 0 aliphatic heterocycles. The summed E-state index contributed by atoms with van der Waals surface area (Å²) in [6.45, 7) is 5.22. The molecule has 0 fully saturated rings. The number of nitrogens with zero attached hydrogens (tertiary/aromatic N) is 1. The summed E-state index contributed by atoms with van der Waals surface area (Å²) in [5.74, 6) is 0.159. The van der Waals surface area contributed by atoms with E-state index in [2.05, 4.69) is 15.3 Å². The van der Waals surface area contributed by atoms with Gasteiger partial charge in [0.1, 0.15) is 11.6 Å². The maximum Gasteiger partial charge on any atom is 0.514 e. The zero-order valence-electron chi connectivity index (χ0n) is 13.0. The second kappa shape index (κ2) is 6.82. The molecule has 4 N–H and O–H groups in total. The highest BCUT2D eigenvalue weighted by Crippen LogP contribution is 2.22. The summed E-state index contributed by atoms with van der Waals surface area (Å²) in [6, 6.07) is 4.87. The van der Waals surface area contributed by atoms with Crippen LogP contribution in [-0.4, -0.2) is 28.1 Å². The molecule has 2 aromatic rings. The summed E-state index contributed by atoms with van der Waals surface area (Å²) in [6.07, 6.45) is 0.192. The van der Waals surface area contributed by atoms with Crippen molar-refractivity contribution in [1.29, 1.82) is 0 Å². The number of imidazole rings is 1. The van der Waals surface area contributed by atoms with Gasteiger partial charge in [-0.15, -0.1) is 0 Å². The zero-order chi connectivity index (χ0) is 17.0. The Morgan fingerprint density at radius 1 is 1.35 bits per heavy atom. The molecule has 8 nitrogen and oxygen atoms in total. The predicted octanol–water partition coefficient (Wildman–Crippen LogP) is 2.48. The molecule has 0 aliphatic carbocycles. The number of nitrogens with one attached hydrogen (secondary N) is 2. The first-order chi connectivity index (χ1) is 10.8. The van der Waals surface area contributed by atoms with Crippen LogP contribution in [0.1, 0.15) is 29.8 Å².